The van der Waals surface area contributed by atoms with Crippen molar-refractivity contribution in [3.63, 3.8) is 0 Å². The van der Waals surface area contributed by atoms with Crippen molar-refractivity contribution in [3.8, 4) is 11.5 Å². The van der Waals surface area contributed by atoms with Gasteiger partial charge in [-0.1, -0.05) is 65.2 Å². The van der Waals surface area contributed by atoms with Crippen molar-refractivity contribution in [2.24, 2.45) is 0 Å². The highest BCUT2D eigenvalue weighted by molar-refractivity contribution is 5.76. The number of ether oxygens (including phenoxy) is 2. The average Bonchev–Trinajstić information content (AvgIpc) is 2.90. The van der Waals surface area contributed by atoms with Crippen molar-refractivity contribution in [3.05, 3.63) is 45.1 Å². The third-order valence-electron chi connectivity index (χ3n) is 6.45. The summed E-state index contributed by atoms with van der Waals surface area (Å²) in [6.45, 7) is 8.73. The molecule has 0 aliphatic heterocycles. The lowest BCUT2D eigenvalue weighted by Gasteiger charge is -2.21. The number of aromatic nitrogens is 3. The van der Waals surface area contributed by atoms with E-state index in [2.05, 4.69) is 24.3 Å². The molecule has 2 aromatic rings. The number of nitrogens with zero attached hydrogens (tertiary/aromatic N) is 3. The molecule has 1 aromatic carbocycles. The molecule has 0 fully saturated rings. The SMILES string of the molecule is CCCCCCCn1nc(NCCOc2ccc(OC(C)(C)C(=O)O)cc2)c(=O)n(CCCCCCC)c1=O. The van der Waals surface area contributed by atoms with Crippen molar-refractivity contribution in [1.29, 1.82) is 0 Å². The van der Waals surface area contributed by atoms with Crippen LogP contribution in [0.5, 0.6) is 11.5 Å². The highest BCUT2D eigenvalue weighted by Gasteiger charge is 2.29. The summed E-state index contributed by atoms with van der Waals surface area (Å²) in [5, 5.41) is 16.6. The zero-order valence-electron chi connectivity index (χ0n) is 24.0. The number of hydrogen-bond donors (Lipinski definition) is 2. The van der Waals surface area contributed by atoms with Crippen molar-refractivity contribution >= 4 is 11.8 Å². The monoisotopic (exact) mass is 546 g/mol. The van der Waals surface area contributed by atoms with Gasteiger partial charge in [-0.25, -0.2) is 14.3 Å². The molecule has 0 aliphatic rings. The molecule has 2 N–H and O–H groups in total. The van der Waals surface area contributed by atoms with E-state index in [4.69, 9.17) is 9.47 Å². The van der Waals surface area contributed by atoms with Crippen LogP contribution in [-0.4, -0.2) is 44.2 Å². The number of benzene rings is 1. The zero-order valence-corrected chi connectivity index (χ0v) is 24.0. The molecule has 0 aliphatic carbocycles. The number of carboxylic acids is 1. The fourth-order valence-corrected chi connectivity index (χ4v) is 4.03. The fourth-order valence-electron chi connectivity index (χ4n) is 4.03. The fraction of sp³-hybridized carbons (Fsp3) is 0.655. The summed E-state index contributed by atoms with van der Waals surface area (Å²) < 4.78 is 14.0. The second-order valence-corrected chi connectivity index (χ2v) is 10.3. The Hall–Kier alpha value is -3.30. The first-order chi connectivity index (χ1) is 18.7. The maximum Gasteiger partial charge on any atom is 0.347 e. The normalized spacial score (nSPS) is 11.4. The lowest BCUT2D eigenvalue weighted by molar-refractivity contribution is -0.152. The molecule has 0 unspecified atom stereocenters. The minimum absolute atomic E-state index is 0.153. The van der Waals surface area contributed by atoms with Crippen LogP contribution in [0.1, 0.15) is 91.9 Å². The number of aliphatic carboxylic acids is 1. The number of anilines is 1. The number of unbranched alkanes of at least 4 members (excludes halogenated alkanes) is 8. The van der Waals surface area contributed by atoms with Gasteiger partial charge in [0.25, 0.3) is 5.56 Å². The summed E-state index contributed by atoms with van der Waals surface area (Å²) in [4.78, 5) is 37.3. The van der Waals surface area contributed by atoms with E-state index in [1.165, 1.54) is 29.5 Å². The van der Waals surface area contributed by atoms with E-state index in [1.54, 1.807) is 24.3 Å². The Labute approximate surface area is 231 Å². The molecule has 0 saturated carbocycles. The molecule has 0 radical (unpaired) electrons. The average molecular weight is 547 g/mol. The molecular formula is C29H46N4O6. The highest BCUT2D eigenvalue weighted by Crippen LogP contribution is 2.22. The van der Waals surface area contributed by atoms with Crippen LogP contribution in [0.3, 0.4) is 0 Å². The van der Waals surface area contributed by atoms with Gasteiger partial charge in [-0.3, -0.25) is 9.36 Å². The predicted octanol–water partition coefficient (Wildman–Crippen LogP) is 5.08. The van der Waals surface area contributed by atoms with Gasteiger partial charge in [-0.05, 0) is 51.0 Å². The maximum atomic E-state index is 13.1. The molecule has 0 bridgehead atoms. The summed E-state index contributed by atoms with van der Waals surface area (Å²) in [5.41, 5.74) is -2.09. The van der Waals surface area contributed by atoms with E-state index in [9.17, 15) is 19.5 Å². The smallest absolute Gasteiger partial charge is 0.347 e. The van der Waals surface area contributed by atoms with Crippen LogP contribution >= 0.6 is 0 Å². The number of rotatable bonds is 20. The molecule has 0 atom stereocenters. The van der Waals surface area contributed by atoms with Gasteiger partial charge < -0.3 is 19.9 Å². The van der Waals surface area contributed by atoms with Crippen LogP contribution in [0.4, 0.5) is 5.82 Å². The first-order valence-corrected chi connectivity index (χ1v) is 14.3. The number of carboxylic acid groups (broad SMARTS) is 1. The topological polar surface area (TPSA) is 125 Å². The minimum Gasteiger partial charge on any atom is -0.492 e. The van der Waals surface area contributed by atoms with Gasteiger partial charge in [0.05, 0.1) is 6.54 Å². The Morgan fingerprint density at radius 1 is 0.897 bits per heavy atom. The molecule has 0 saturated heterocycles. The Balaban J connectivity index is 2.01. The number of aryl methyl sites for hydroxylation is 1. The van der Waals surface area contributed by atoms with E-state index in [0.29, 0.717) is 31.1 Å². The maximum absolute atomic E-state index is 13.1. The van der Waals surface area contributed by atoms with Crippen molar-refractivity contribution in [2.75, 3.05) is 18.5 Å². The van der Waals surface area contributed by atoms with Crippen LogP contribution in [0, 0.1) is 0 Å². The van der Waals surface area contributed by atoms with Gasteiger partial charge in [-0.15, -0.1) is 5.10 Å². The minimum atomic E-state index is -1.34. The third kappa shape index (κ3) is 10.8. The molecule has 218 valence electrons. The van der Waals surface area contributed by atoms with Crippen molar-refractivity contribution in [1.82, 2.24) is 14.3 Å². The standard InChI is InChI=1S/C29H46N4O6/c1-5-7-9-11-13-20-32-26(34)25(31-33(28(32)37)21-14-12-10-8-6-2)30-19-22-38-23-15-17-24(18-16-23)39-29(3,4)27(35)36/h15-18H,5-14,19-22H2,1-4H3,(H,30,31)(H,35,36). The van der Waals surface area contributed by atoms with Crippen molar-refractivity contribution in [2.45, 2.75) is 111 Å². The summed E-state index contributed by atoms with van der Waals surface area (Å²) in [6, 6.07) is 6.67. The van der Waals surface area contributed by atoms with E-state index in [-0.39, 0.29) is 18.1 Å². The second kappa shape index (κ2) is 16.6. The molecule has 10 heteroatoms. The summed E-state index contributed by atoms with van der Waals surface area (Å²) >= 11 is 0. The van der Waals surface area contributed by atoms with Gasteiger partial charge in [0.15, 0.2) is 5.60 Å². The van der Waals surface area contributed by atoms with Crippen LogP contribution in [0.15, 0.2) is 33.9 Å². The Kier molecular flexibility index (Phi) is 13.6. The molecule has 10 nitrogen and oxygen atoms in total. The van der Waals surface area contributed by atoms with Gasteiger partial charge in [0.1, 0.15) is 18.1 Å². The van der Waals surface area contributed by atoms with Crippen LogP contribution in [-0.2, 0) is 17.9 Å². The van der Waals surface area contributed by atoms with Crippen LogP contribution in [0.2, 0.25) is 0 Å². The molecule has 39 heavy (non-hydrogen) atoms. The van der Waals surface area contributed by atoms with Gasteiger partial charge in [-0.2, -0.15) is 0 Å². The highest BCUT2D eigenvalue weighted by atomic mass is 16.5. The number of hydrogen-bond acceptors (Lipinski definition) is 7. The van der Waals surface area contributed by atoms with Crippen LogP contribution in [0.25, 0.3) is 0 Å². The largest absolute Gasteiger partial charge is 0.492 e. The Morgan fingerprint density at radius 3 is 2.05 bits per heavy atom. The van der Waals surface area contributed by atoms with Crippen LogP contribution < -0.4 is 26.0 Å². The molecule has 2 rings (SSSR count). The van der Waals surface area contributed by atoms with Gasteiger partial charge >= 0.3 is 11.7 Å². The second-order valence-electron chi connectivity index (χ2n) is 10.3. The summed E-state index contributed by atoms with van der Waals surface area (Å²) in [5.74, 6) is 0.0944. The Morgan fingerprint density at radius 2 is 1.46 bits per heavy atom. The van der Waals surface area contributed by atoms with E-state index in [0.717, 1.165) is 57.8 Å². The van der Waals surface area contributed by atoms with E-state index >= 15 is 0 Å². The molecule has 1 heterocycles. The van der Waals surface area contributed by atoms with Gasteiger partial charge in [0.2, 0.25) is 5.82 Å². The van der Waals surface area contributed by atoms with Gasteiger partial charge in [0, 0.05) is 13.1 Å². The van der Waals surface area contributed by atoms with Crippen molar-refractivity contribution < 1.29 is 19.4 Å². The third-order valence-corrected chi connectivity index (χ3v) is 6.45. The zero-order chi connectivity index (χ0) is 28.7. The molecule has 0 spiro atoms. The lowest BCUT2D eigenvalue weighted by atomic mass is 10.1. The van der Waals surface area contributed by atoms with E-state index in [1.807, 2.05) is 0 Å². The first-order valence-electron chi connectivity index (χ1n) is 14.3. The van der Waals surface area contributed by atoms with E-state index < -0.39 is 17.1 Å². The lowest BCUT2D eigenvalue weighted by Crippen LogP contribution is -2.43. The molecule has 1 aromatic heterocycles. The quantitative estimate of drug-likeness (QED) is 0.220. The first kappa shape index (κ1) is 31.9. The number of nitrogens with one attached hydrogen (secondary N) is 1. The molecule has 0 amide bonds. The summed E-state index contributed by atoms with van der Waals surface area (Å²) in [6.07, 6.45) is 10.4. The molecular weight excluding hydrogens is 500 g/mol. The summed E-state index contributed by atoms with van der Waals surface area (Å²) in [7, 11) is 0. The number of carbonyl (C=O) groups is 1. The Bertz CT molecular complexity index is 1120. The predicted molar refractivity (Wildman–Crippen MR) is 153 cm³/mol.